The van der Waals surface area contributed by atoms with E-state index >= 15 is 0 Å². The second kappa shape index (κ2) is 3.33. The van der Waals surface area contributed by atoms with Gasteiger partial charge < -0.3 is 9.64 Å². The fraction of sp³-hybridized carbons (Fsp3) is 0.889. The Morgan fingerprint density at radius 1 is 1.50 bits per heavy atom. The van der Waals surface area contributed by atoms with Crippen LogP contribution >= 0.6 is 0 Å². The average Bonchev–Trinajstić information content (AvgIpc) is 1.91. The van der Waals surface area contributed by atoms with E-state index in [1.807, 2.05) is 0 Å². The minimum absolute atomic E-state index is 0.156. The molecule has 1 rings (SSSR count). The number of amides is 1. The van der Waals surface area contributed by atoms with Crippen molar-refractivity contribution in [3.05, 3.63) is 0 Å². The van der Waals surface area contributed by atoms with Crippen LogP contribution in [0.15, 0.2) is 0 Å². The molecule has 0 spiro atoms. The van der Waals surface area contributed by atoms with Crippen molar-refractivity contribution in [2.45, 2.75) is 27.2 Å². The first-order valence-corrected chi connectivity index (χ1v) is 4.41. The summed E-state index contributed by atoms with van der Waals surface area (Å²) in [6.07, 6.45) is 0.804. The Morgan fingerprint density at radius 2 is 2.17 bits per heavy atom. The topological polar surface area (TPSA) is 29.5 Å². The number of rotatable bonds is 1. The molecule has 1 amide bonds. The fourth-order valence-corrected chi connectivity index (χ4v) is 1.31. The minimum atomic E-state index is -0.156. The standard InChI is InChI=1S/C9H17NO2/c1-9(2,3)7-10-5-4-6-12-8(10)11/h4-7H2,1-3H3. The maximum atomic E-state index is 11.2. The third-order valence-electron chi connectivity index (χ3n) is 1.72. The first kappa shape index (κ1) is 9.36. The lowest BCUT2D eigenvalue weighted by Crippen LogP contribution is -2.42. The fourth-order valence-electron chi connectivity index (χ4n) is 1.31. The summed E-state index contributed by atoms with van der Waals surface area (Å²) in [5.41, 5.74) is 0.163. The van der Waals surface area contributed by atoms with Crippen molar-refractivity contribution in [3.63, 3.8) is 0 Å². The van der Waals surface area contributed by atoms with Crippen LogP contribution in [0.25, 0.3) is 0 Å². The van der Waals surface area contributed by atoms with Gasteiger partial charge in [-0.15, -0.1) is 0 Å². The highest BCUT2D eigenvalue weighted by Crippen LogP contribution is 2.17. The molecule has 3 nitrogen and oxygen atoms in total. The van der Waals surface area contributed by atoms with Gasteiger partial charge in [0.15, 0.2) is 0 Å². The van der Waals surface area contributed by atoms with E-state index in [9.17, 15) is 4.79 Å². The van der Waals surface area contributed by atoms with Crippen LogP contribution < -0.4 is 0 Å². The van der Waals surface area contributed by atoms with Gasteiger partial charge in [-0.25, -0.2) is 4.79 Å². The summed E-state index contributed by atoms with van der Waals surface area (Å²) in [5.74, 6) is 0. The Labute approximate surface area is 73.7 Å². The third-order valence-corrected chi connectivity index (χ3v) is 1.72. The van der Waals surface area contributed by atoms with E-state index in [4.69, 9.17) is 4.74 Å². The smallest absolute Gasteiger partial charge is 0.409 e. The summed E-state index contributed by atoms with van der Waals surface area (Å²) < 4.78 is 4.92. The predicted molar refractivity (Wildman–Crippen MR) is 47.0 cm³/mol. The summed E-state index contributed by atoms with van der Waals surface area (Å²) >= 11 is 0. The zero-order valence-corrected chi connectivity index (χ0v) is 8.09. The summed E-state index contributed by atoms with van der Waals surface area (Å²) in [6.45, 7) is 8.57. The van der Waals surface area contributed by atoms with Gasteiger partial charge in [0.25, 0.3) is 0 Å². The van der Waals surface area contributed by atoms with Crippen molar-refractivity contribution < 1.29 is 9.53 Å². The van der Waals surface area contributed by atoms with Gasteiger partial charge in [0.05, 0.1) is 6.61 Å². The van der Waals surface area contributed by atoms with Gasteiger partial charge in [0.2, 0.25) is 0 Å². The number of hydrogen-bond acceptors (Lipinski definition) is 2. The lowest BCUT2D eigenvalue weighted by atomic mass is 9.96. The van der Waals surface area contributed by atoms with E-state index in [2.05, 4.69) is 20.8 Å². The van der Waals surface area contributed by atoms with E-state index in [0.717, 1.165) is 19.5 Å². The Bertz CT molecular complexity index is 172. The normalized spacial score (nSPS) is 19.2. The second-order valence-electron chi connectivity index (χ2n) is 4.45. The number of carbonyl (C=O) groups excluding carboxylic acids is 1. The van der Waals surface area contributed by atoms with Gasteiger partial charge in [-0.05, 0) is 11.8 Å². The van der Waals surface area contributed by atoms with Crippen LogP contribution in [0.2, 0.25) is 0 Å². The molecule has 0 aromatic carbocycles. The number of carbonyl (C=O) groups is 1. The molecule has 1 fully saturated rings. The largest absolute Gasteiger partial charge is 0.449 e. The van der Waals surface area contributed by atoms with Crippen LogP contribution in [0, 0.1) is 5.41 Å². The second-order valence-corrected chi connectivity index (χ2v) is 4.45. The molecule has 0 aliphatic carbocycles. The first-order chi connectivity index (χ1) is 5.49. The van der Waals surface area contributed by atoms with Crippen LogP contribution in [0.5, 0.6) is 0 Å². The summed E-state index contributed by atoms with van der Waals surface area (Å²) in [6, 6.07) is 0. The Hall–Kier alpha value is -0.730. The molecule has 0 unspecified atom stereocenters. The lowest BCUT2D eigenvalue weighted by molar-refractivity contribution is 0.0596. The number of ether oxygens (including phenoxy) is 1. The van der Waals surface area contributed by atoms with Crippen molar-refractivity contribution in [2.75, 3.05) is 19.7 Å². The lowest BCUT2D eigenvalue weighted by Gasteiger charge is -2.31. The van der Waals surface area contributed by atoms with E-state index < -0.39 is 0 Å². The molecule has 3 heteroatoms. The number of nitrogens with zero attached hydrogens (tertiary/aromatic N) is 1. The molecule has 0 atom stereocenters. The van der Waals surface area contributed by atoms with Crippen LogP contribution in [-0.4, -0.2) is 30.7 Å². The van der Waals surface area contributed by atoms with E-state index in [-0.39, 0.29) is 11.5 Å². The molecule has 0 aromatic rings. The van der Waals surface area contributed by atoms with E-state index in [1.54, 1.807) is 4.90 Å². The molecule has 0 radical (unpaired) electrons. The number of cyclic esters (lactones) is 1. The molecule has 1 aliphatic heterocycles. The quantitative estimate of drug-likeness (QED) is 0.602. The molecule has 0 bridgehead atoms. The van der Waals surface area contributed by atoms with Gasteiger partial charge in [-0.1, -0.05) is 20.8 Å². The van der Waals surface area contributed by atoms with Crippen LogP contribution in [0.3, 0.4) is 0 Å². The minimum Gasteiger partial charge on any atom is -0.449 e. The van der Waals surface area contributed by atoms with Gasteiger partial charge >= 0.3 is 6.09 Å². The van der Waals surface area contributed by atoms with E-state index in [0.29, 0.717) is 6.61 Å². The highest BCUT2D eigenvalue weighted by molar-refractivity contribution is 5.68. The van der Waals surface area contributed by atoms with Crippen LogP contribution in [-0.2, 0) is 4.74 Å². The third kappa shape index (κ3) is 2.72. The van der Waals surface area contributed by atoms with Crippen LogP contribution in [0.4, 0.5) is 4.79 Å². The molecule has 0 N–H and O–H groups in total. The summed E-state index contributed by atoms with van der Waals surface area (Å²) in [7, 11) is 0. The van der Waals surface area contributed by atoms with Gasteiger partial charge in [0, 0.05) is 13.1 Å². The molecular formula is C9H17NO2. The van der Waals surface area contributed by atoms with E-state index in [1.165, 1.54) is 0 Å². The highest BCUT2D eigenvalue weighted by Gasteiger charge is 2.24. The van der Waals surface area contributed by atoms with Gasteiger partial charge in [0.1, 0.15) is 0 Å². The summed E-state index contributed by atoms with van der Waals surface area (Å²) in [5, 5.41) is 0. The molecule has 70 valence electrons. The molecular weight excluding hydrogens is 154 g/mol. The van der Waals surface area contributed by atoms with Crippen molar-refractivity contribution in [1.29, 1.82) is 0 Å². The van der Waals surface area contributed by atoms with Gasteiger partial charge in [-0.3, -0.25) is 0 Å². The average molecular weight is 171 g/mol. The molecule has 0 aromatic heterocycles. The molecule has 1 saturated heterocycles. The van der Waals surface area contributed by atoms with Crippen molar-refractivity contribution >= 4 is 6.09 Å². The monoisotopic (exact) mass is 171 g/mol. The molecule has 1 aliphatic rings. The Morgan fingerprint density at radius 3 is 2.67 bits per heavy atom. The van der Waals surface area contributed by atoms with Crippen molar-refractivity contribution in [3.8, 4) is 0 Å². The highest BCUT2D eigenvalue weighted by atomic mass is 16.6. The first-order valence-electron chi connectivity index (χ1n) is 4.41. The van der Waals surface area contributed by atoms with Crippen molar-refractivity contribution in [2.24, 2.45) is 5.41 Å². The SMILES string of the molecule is CC(C)(C)CN1CCCOC1=O. The summed E-state index contributed by atoms with van der Waals surface area (Å²) in [4.78, 5) is 13.0. The molecule has 1 heterocycles. The maximum Gasteiger partial charge on any atom is 0.409 e. The van der Waals surface area contributed by atoms with Crippen LogP contribution in [0.1, 0.15) is 27.2 Å². The molecule has 0 saturated carbocycles. The zero-order chi connectivity index (χ0) is 9.19. The Kier molecular flexibility index (Phi) is 2.60. The number of hydrogen-bond donors (Lipinski definition) is 0. The predicted octanol–water partition coefficient (Wildman–Crippen LogP) is 1.87. The van der Waals surface area contributed by atoms with Gasteiger partial charge in [-0.2, -0.15) is 0 Å². The maximum absolute atomic E-state index is 11.2. The van der Waals surface area contributed by atoms with Crippen molar-refractivity contribution in [1.82, 2.24) is 4.90 Å². The zero-order valence-electron chi connectivity index (χ0n) is 8.09. The molecule has 12 heavy (non-hydrogen) atoms. The Balaban J connectivity index is 2.45.